The zero-order valence-electron chi connectivity index (χ0n) is 14.7. The highest BCUT2D eigenvalue weighted by molar-refractivity contribution is 7.90. The zero-order valence-corrected chi connectivity index (χ0v) is 16.2. The van der Waals surface area contributed by atoms with E-state index in [1.165, 1.54) is 24.3 Å². The van der Waals surface area contributed by atoms with Crippen LogP contribution in [-0.4, -0.2) is 26.9 Å². The molecule has 0 heterocycles. The van der Waals surface area contributed by atoms with Crippen LogP contribution in [0.1, 0.15) is 30.1 Å². The van der Waals surface area contributed by atoms with Crippen LogP contribution >= 0.6 is 11.6 Å². The predicted octanol–water partition coefficient (Wildman–Crippen LogP) is 3.38. The van der Waals surface area contributed by atoms with Crippen molar-refractivity contribution >= 4 is 39.2 Å². The van der Waals surface area contributed by atoms with Crippen LogP contribution in [0.15, 0.2) is 53.4 Å². The van der Waals surface area contributed by atoms with Crippen molar-refractivity contribution in [2.45, 2.75) is 24.7 Å². The largest absolute Gasteiger partial charge is 0.352 e. The van der Waals surface area contributed by atoms with Crippen LogP contribution in [0.5, 0.6) is 0 Å². The molecule has 0 aliphatic carbocycles. The van der Waals surface area contributed by atoms with Gasteiger partial charge in [-0.25, -0.2) is 17.9 Å². The normalized spacial score (nSPS) is 10.9. The van der Waals surface area contributed by atoms with E-state index in [0.29, 0.717) is 12.1 Å². The molecule has 3 N–H and O–H groups in total. The minimum Gasteiger partial charge on any atom is -0.352 e. The standard InChI is InChI=1S/C18H20ClN3O4S/c1-2-3-11-20-17(23)13-7-6-8-14(12-13)21-18(24)22-27(25,26)16-10-5-4-9-15(16)19/h4-10,12H,2-3,11H2,1H3,(H,20,23)(H2,21,22,24). The summed E-state index contributed by atoms with van der Waals surface area (Å²) >= 11 is 5.86. The van der Waals surface area contributed by atoms with Gasteiger partial charge in [-0.3, -0.25) is 4.79 Å². The third-order valence-corrected chi connectivity index (χ3v) is 5.38. The summed E-state index contributed by atoms with van der Waals surface area (Å²) in [5.74, 6) is -0.267. The molecule has 0 saturated heterocycles. The smallest absolute Gasteiger partial charge is 0.333 e. The predicted molar refractivity (Wildman–Crippen MR) is 104 cm³/mol. The Kier molecular flexibility index (Phi) is 7.20. The molecule has 0 radical (unpaired) electrons. The summed E-state index contributed by atoms with van der Waals surface area (Å²) in [5.41, 5.74) is 0.642. The van der Waals surface area contributed by atoms with Gasteiger partial charge in [-0.05, 0) is 36.8 Å². The number of sulfonamides is 1. The summed E-state index contributed by atoms with van der Waals surface area (Å²) in [5, 5.41) is 5.17. The van der Waals surface area contributed by atoms with E-state index in [2.05, 4.69) is 10.6 Å². The van der Waals surface area contributed by atoms with E-state index in [1.807, 2.05) is 11.6 Å². The van der Waals surface area contributed by atoms with Crippen LogP contribution in [0.25, 0.3) is 0 Å². The molecule has 7 nitrogen and oxygen atoms in total. The maximum Gasteiger partial charge on any atom is 0.333 e. The van der Waals surface area contributed by atoms with Gasteiger partial charge in [0, 0.05) is 17.8 Å². The topological polar surface area (TPSA) is 104 Å². The van der Waals surface area contributed by atoms with Crippen molar-refractivity contribution in [1.82, 2.24) is 10.0 Å². The maximum absolute atomic E-state index is 12.3. The minimum absolute atomic E-state index is 0.00328. The number of benzene rings is 2. The van der Waals surface area contributed by atoms with Gasteiger partial charge in [0.25, 0.3) is 15.9 Å². The Morgan fingerprint density at radius 1 is 1.07 bits per heavy atom. The van der Waals surface area contributed by atoms with Crippen LogP contribution in [-0.2, 0) is 10.0 Å². The lowest BCUT2D eigenvalue weighted by molar-refractivity contribution is 0.0953. The van der Waals surface area contributed by atoms with Gasteiger partial charge >= 0.3 is 6.03 Å². The summed E-state index contributed by atoms with van der Waals surface area (Å²) in [6, 6.07) is 11.0. The first-order valence-electron chi connectivity index (χ1n) is 8.30. The molecule has 2 aromatic carbocycles. The van der Waals surface area contributed by atoms with Crippen molar-refractivity contribution in [3.05, 3.63) is 59.1 Å². The van der Waals surface area contributed by atoms with Gasteiger partial charge in [-0.2, -0.15) is 0 Å². The molecule has 9 heteroatoms. The van der Waals surface area contributed by atoms with Gasteiger partial charge in [0.1, 0.15) is 4.90 Å². The van der Waals surface area contributed by atoms with Crippen molar-refractivity contribution < 1.29 is 18.0 Å². The Morgan fingerprint density at radius 3 is 2.52 bits per heavy atom. The molecule has 0 aromatic heterocycles. The molecule has 2 rings (SSSR count). The second kappa shape index (κ2) is 9.38. The molecule has 0 saturated carbocycles. The van der Waals surface area contributed by atoms with Gasteiger partial charge in [0.15, 0.2) is 0 Å². The SMILES string of the molecule is CCCCNC(=O)c1cccc(NC(=O)NS(=O)(=O)c2ccccc2Cl)c1. The lowest BCUT2D eigenvalue weighted by Crippen LogP contribution is -2.34. The molecule has 3 amide bonds. The summed E-state index contributed by atoms with van der Waals surface area (Å²) in [7, 11) is -4.12. The van der Waals surface area contributed by atoms with Crippen molar-refractivity contribution in [1.29, 1.82) is 0 Å². The molecular weight excluding hydrogens is 390 g/mol. The number of carbonyl (C=O) groups is 2. The number of unbranched alkanes of at least 4 members (excludes halogenated alkanes) is 1. The molecule has 0 bridgehead atoms. The van der Waals surface area contributed by atoms with Crippen LogP contribution in [0.3, 0.4) is 0 Å². The number of hydrogen-bond acceptors (Lipinski definition) is 4. The molecule has 144 valence electrons. The van der Waals surface area contributed by atoms with E-state index in [4.69, 9.17) is 11.6 Å². The van der Waals surface area contributed by atoms with E-state index in [9.17, 15) is 18.0 Å². The Bertz CT molecular complexity index is 932. The van der Waals surface area contributed by atoms with Crippen molar-refractivity contribution in [2.24, 2.45) is 0 Å². The van der Waals surface area contributed by atoms with Crippen molar-refractivity contribution in [2.75, 3.05) is 11.9 Å². The van der Waals surface area contributed by atoms with Crippen molar-refractivity contribution in [3.8, 4) is 0 Å². The summed E-state index contributed by atoms with van der Waals surface area (Å²) in [6.45, 7) is 2.58. The number of carbonyl (C=O) groups excluding carboxylic acids is 2. The molecule has 2 aromatic rings. The third-order valence-electron chi connectivity index (χ3n) is 3.55. The molecular formula is C18H20ClN3O4S. The number of rotatable bonds is 7. The van der Waals surface area contributed by atoms with Gasteiger partial charge in [-0.1, -0.05) is 43.1 Å². The van der Waals surface area contributed by atoms with E-state index in [1.54, 1.807) is 24.3 Å². The van der Waals surface area contributed by atoms with Crippen LogP contribution < -0.4 is 15.4 Å². The number of urea groups is 1. The number of halogens is 1. The maximum atomic E-state index is 12.3. The van der Waals surface area contributed by atoms with E-state index in [0.717, 1.165) is 12.8 Å². The molecule has 27 heavy (non-hydrogen) atoms. The van der Waals surface area contributed by atoms with Crippen LogP contribution in [0.2, 0.25) is 5.02 Å². The molecule has 0 atom stereocenters. The number of anilines is 1. The molecule has 0 fully saturated rings. The Labute approximate surface area is 163 Å². The Balaban J connectivity index is 2.05. The molecule has 0 aliphatic rings. The first kappa shape index (κ1) is 20.7. The Morgan fingerprint density at radius 2 is 1.81 bits per heavy atom. The average Bonchev–Trinajstić information content (AvgIpc) is 2.61. The van der Waals surface area contributed by atoms with Gasteiger partial charge in [-0.15, -0.1) is 0 Å². The lowest BCUT2D eigenvalue weighted by atomic mass is 10.2. The van der Waals surface area contributed by atoms with E-state index >= 15 is 0 Å². The number of amides is 3. The summed E-state index contributed by atoms with van der Waals surface area (Å²) in [4.78, 5) is 23.9. The molecule has 0 unspecified atom stereocenters. The fraction of sp³-hybridized carbons (Fsp3) is 0.222. The molecule has 0 aliphatic heterocycles. The average molecular weight is 410 g/mol. The fourth-order valence-electron chi connectivity index (χ4n) is 2.22. The van der Waals surface area contributed by atoms with E-state index < -0.39 is 16.1 Å². The number of nitrogens with one attached hydrogen (secondary N) is 3. The highest BCUT2D eigenvalue weighted by Gasteiger charge is 2.20. The highest BCUT2D eigenvalue weighted by atomic mass is 35.5. The molecule has 0 spiro atoms. The second-order valence-electron chi connectivity index (χ2n) is 5.68. The number of hydrogen-bond donors (Lipinski definition) is 3. The quantitative estimate of drug-likeness (QED) is 0.609. The van der Waals surface area contributed by atoms with Gasteiger partial charge in [0.2, 0.25) is 0 Å². The van der Waals surface area contributed by atoms with E-state index in [-0.39, 0.29) is 21.5 Å². The first-order chi connectivity index (χ1) is 12.8. The first-order valence-corrected chi connectivity index (χ1v) is 10.2. The fourth-order valence-corrected chi connectivity index (χ4v) is 3.64. The highest BCUT2D eigenvalue weighted by Crippen LogP contribution is 2.20. The summed E-state index contributed by atoms with van der Waals surface area (Å²) in [6.07, 6.45) is 1.83. The summed E-state index contributed by atoms with van der Waals surface area (Å²) < 4.78 is 26.4. The minimum atomic E-state index is -4.12. The van der Waals surface area contributed by atoms with Gasteiger partial charge < -0.3 is 10.6 Å². The van der Waals surface area contributed by atoms with Crippen molar-refractivity contribution in [3.63, 3.8) is 0 Å². The third kappa shape index (κ3) is 5.97. The zero-order chi connectivity index (χ0) is 19.9. The lowest BCUT2D eigenvalue weighted by Gasteiger charge is -2.10. The second-order valence-corrected chi connectivity index (χ2v) is 7.74. The Hall–Kier alpha value is -2.58. The van der Waals surface area contributed by atoms with Crippen LogP contribution in [0, 0.1) is 0 Å². The van der Waals surface area contributed by atoms with Gasteiger partial charge in [0.05, 0.1) is 5.02 Å². The monoisotopic (exact) mass is 409 g/mol. The van der Waals surface area contributed by atoms with Crippen LogP contribution in [0.4, 0.5) is 10.5 Å².